The maximum atomic E-state index is 13.2. The lowest BCUT2D eigenvalue weighted by molar-refractivity contribution is -0.146. The Labute approximate surface area is 127 Å². The van der Waals surface area contributed by atoms with Crippen molar-refractivity contribution >= 4 is 11.9 Å². The normalized spacial score (nSPS) is 12.0. The van der Waals surface area contributed by atoms with Crippen LogP contribution >= 0.6 is 0 Å². The molecule has 0 spiro atoms. The number of hydrogen-bond acceptors (Lipinski definition) is 3. The molecule has 0 saturated carbocycles. The topological polar surface area (TPSA) is 84.2 Å². The number of rotatable bonds is 7. The van der Waals surface area contributed by atoms with Gasteiger partial charge in [-0.15, -0.1) is 0 Å². The molecule has 2 N–H and O–H groups in total. The quantitative estimate of drug-likeness (QED) is 0.808. The minimum Gasteiger partial charge on any atom is -0.481 e. The van der Waals surface area contributed by atoms with E-state index in [1.165, 1.54) is 13.8 Å². The first kappa shape index (κ1) is 18.1. The fraction of sp³-hybridized carbons (Fsp3) is 0.643. The van der Waals surface area contributed by atoms with E-state index in [9.17, 15) is 18.4 Å². The highest BCUT2D eigenvalue weighted by atomic mass is 19.3. The van der Waals surface area contributed by atoms with Gasteiger partial charge in [-0.1, -0.05) is 13.8 Å². The Balaban J connectivity index is 2.94. The number of carboxylic acid groups (broad SMARTS) is 1. The summed E-state index contributed by atoms with van der Waals surface area (Å²) in [4.78, 5) is 23.0. The highest BCUT2D eigenvalue weighted by molar-refractivity contribution is 5.95. The standard InChI is InChI=1S/C14H21F2N3O3/c1-8(2)6-19-10(11(15)16)9(5-18-19)12(20)17-7-14(3,4)13(21)22/h5,8,11H,6-7H2,1-4H3,(H,17,20)(H,21,22). The molecule has 8 heteroatoms. The molecule has 0 aliphatic carbocycles. The Kier molecular flexibility index (Phi) is 5.62. The maximum Gasteiger partial charge on any atom is 0.310 e. The zero-order valence-electron chi connectivity index (χ0n) is 13.1. The van der Waals surface area contributed by atoms with Crippen LogP contribution in [0.2, 0.25) is 0 Å². The number of nitrogens with zero attached hydrogens (tertiary/aromatic N) is 2. The van der Waals surface area contributed by atoms with Crippen molar-refractivity contribution in [2.45, 2.75) is 40.7 Å². The monoisotopic (exact) mass is 317 g/mol. The molecule has 1 heterocycles. The van der Waals surface area contributed by atoms with Crippen molar-refractivity contribution in [1.29, 1.82) is 0 Å². The second-order valence-corrected chi connectivity index (χ2v) is 6.19. The number of amides is 1. The summed E-state index contributed by atoms with van der Waals surface area (Å²) < 4.78 is 27.5. The molecule has 22 heavy (non-hydrogen) atoms. The first-order chi connectivity index (χ1) is 10.1. The molecule has 0 aromatic carbocycles. The second kappa shape index (κ2) is 6.85. The van der Waals surface area contributed by atoms with Crippen LogP contribution in [0, 0.1) is 11.3 Å². The van der Waals surface area contributed by atoms with Gasteiger partial charge in [0.25, 0.3) is 12.3 Å². The molecule has 0 unspecified atom stereocenters. The second-order valence-electron chi connectivity index (χ2n) is 6.19. The third-order valence-corrected chi connectivity index (χ3v) is 3.14. The summed E-state index contributed by atoms with van der Waals surface area (Å²) in [7, 11) is 0. The molecule has 0 aliphatic rings. The zero-order valence-corrected chi connectivity index (χ0v) is 13.1. The van der Waals surface area contributed by atoms with Gasteiger partial charge in [0.05, 0.1) is 17.2 Å². The summed E-state index contributed by atoms with van der Waals surface area (Å²) >= 11 is 0. The predicted octanol–water partition coefficient (Wildman–Crippen LogP) is 2.32. The Morgan fingerprint density at radius 3 is 2.45 bits per heavy atom. The molecule has 1 amide bonds. The van der Waals surface area contributed by atoms with E-state index in [0.29, 0.717) is 0 Å². The number of carbonyl (C=O) groups excluding carboxylic acids is 1. The highest BCUT2D eigenvalue weighted by Crippen LogP contribution is 2.24. The first-order valence-electron chi connectivity index (χ1n) is 6.91. The molecule has 0 atom stereocenters. The molecule has 0 fully saturated rings. The molecular formula is C14H21F2N3O3. The average molecular weight is 317 g/mol. The van der Waals surface area contributed by atoms with Gasteiger partial charge in [-0.2, -0.15) is 5.10 Å². The summed E-state index contributed by atoms with van der Waals surface area (Å²) in [5.74, 6) is -1.74. The summed E-state index contributed by atoms with van der Waals surface area (Å²) in [6.07, 6.45) is -1.75. The van der Waals surface area contributed by atoms with Crippen LogP contribution in [0.4, 0.5) is 8.78 Å². The fourth-order valence-corrected chi connectivity index (χ4v) is 1.76. The average Bonchev–Trinajstić information content (AvgIpc) is 2.78. The van der Waals surface area contributed by atoms with Crippen molar-refractivity contribution in [3.05, 3.63) is 17.5 Å². The first-order valence-corrected chi connectivity index (χ1v) is 6.91. The molecule has 1 aromatic heterocycles. The van der Waals surface area contributed by atoms with E-state index in [4.69, 9.17) is 5.11 Å². The molecule has 6 nitrogen and oxygen atoms in total. The third kappa shape index (κ3) is 4.25. The van der Waals surface area contributed by atoms with Gasteiger partial charge >= 0.3 is 5.97 Å². The van der Waals surface area contributed by atoms with Crippen LogP contribution in [0.5, 0.6) is 0 Å². The van der Waals surface area contributed by atoms with Gasteiger partial charge in [0.1, 0.15) is 5.69 Å². The summed E-state index contributed by atoms with van der Waals surface area (Å²) in [5.41, 5.74) is -1.86. The van der Waals surface area contributed by atoms with E-state index in [1.807, 2.05) is 13.8 Å². The van der Waals surface area contributed by atoms with Crippen LogP contribution in [0.25, 0.3) is 0 Å². The van der Waals surface area contributed by atoms with E-state index in [0.717, 1.165) is 10.9 Å². The molecule has 1 rings (SSSR count). The van der Waals surface area contributed by atoms with E-state index in [-0.39, 0.29) is 24.6 Å². The molecule has 0 bridgehead atoms. The minimum absolute atomic E-state index is 0.0965. The van der Waals surface area contributed by atoms with Crippen molar-refractivity contribution in [1.82, 2.24) is 15.1 Å². The Bertz CT molecular complexity index is 554. The lowest BCUT2D eigenvalue weighted by Crippen LogP contribution is -2.39. The molecule has 0 radical (unpaired) electrons. The van der Waals surface area contributed by atoms with Crippen LogP contribution in [-0.4, -0.2) is 33.3 Å². The number of alkyl halides is 2. The van der Waals surface area contributed by atoms with Crippen molar-refractivity contribution in [2.75, 3.05) is 6.54 Å². The molecular weight excluding hydrogens is 296 g/mol. The van der Waals surface area contributed by atoms with E-state index in [2.05, 4.69) is 10.4 Å². The van der Waals surface area contributed by atoms with Gasteiger partial charge in [-0.05, 0) is 19.8 Å². The molecule has 124 valence electrons. The molecule has 0 saturated heterocycles. The Hall–Kier alpha value is -1.99. The van der Waals surface area contributed by atoms with Crippen LogP contribution in [0.15, 0.2) is 6.20 Å². The van der Waals surface area contributed by atoms with E-state index in [1.54, 1.807) is 0 Å². The minimum atomic E-state index is -2.84. The van der Waals surface area contributed by atoms with Gasteiger partial charge in [0.2, 0.25) is 0 Å². The SMILES string of the molecule is CC(C)Cn1ncc(C(=O)NCC(C)(C)C(=O)O)c1C(F)F. The molecule has 1 aromatic rings. The zero-order chi connectivity index (χ0) is 17.1. The number of aromatic nitrogens is 2. The van der Waals surface area contributed by atoms with Crippen molar-refractivity contribution in [2.24, 2.45) is 11.3 Å². The van der Waals surface area contributed by atoms with E-state index >= 15 is 0 Å². The summed E-state index contributed by atoms with van der Waals surface area (Å²) in [6.45, 7) is 6.68. The van der Waals surface area contributed by atoms with Crippen LogP contribution in [-0.2, 0) is 11.3 Å². The summed E-state index contributed by atoms with van der Waals surface area (Å²) in [5, 5.41) is 15.2. The number of nitrogens with one attached hydrogen (secondary N) is 1. The van der Waals surface area contributed by atoms with Gasteiger partial charge in [0.15, 0.2) is 0 Å². The third-order valence-electron chi connectivity index (χ3n) is 3.14. The van der Waals surface area contributed by atoms with Crippen molar-refractivity contribution in [3.63, 3.8) is 0 Å². The Morgan fingerprint density at radius 1 is 1.41 bits per heavy atom. The van der Waals surface area contributed by atoms with Crippen molar-refractivity contribution < 1.29 is 23.5 Å². The van der Waals surface area contributed by atoms with Gasteiger partial charge in [-0.3, -0.25) is 14.3 Å². The maximum absolute atomic E-state index is 13.2. The number of hydrogen-bond donors (Lipinski definition) is 2. The smallest absolute Gasteiger partial charge is 0.310 e. The van der Waals surface area contributed by atoms with E-state index < -0.39 is 29.4 Å². The largest absolute Gasteiger partial charge is 0.481 e. The predicted molar refractivity (Wildman–Crippen MR) is 75.8 cm³/mol. The van der Waals surface area contributed by atoms with Crippen LogP contribution < -0.4 is 5.32 Å². The lowest BCUT2D eigenvalue weighted by Gasteiger charge is -2.19. The number of aliphatic carboxylic acids is 1. The van der Waals surface area contributed by atoms with Gasteiger partial charge in [-0.25, -0.2) is 8.78 Å². The van der Waals surface area contributed by atoms with Crippen LogP contribution in [0.3, 0.4) is 0 Å². The number of halogens is 2. The van der Waals surface area contributed by atoms with Crippen LogP contribution in [0.1, 0.15) is 50.2 Å². The fourth-order valence-electron chi connectivity index (χ4n) is 1.76. The van der Waals surface area contributed by atoms with Gasteiger partial charge in [0, 0.05) is 13.1 Å². The highest BCUT2D eigenvalue weighted by Gasteiger charge is 2.30. The number of carboxylic acids is 1. The van der Waals surface area contributed by atoms with Gasteiger partial charge < -0.3 is 10.4 Å². The lowest BCUT2D eigenvalue weighted by atomic mass is 9.94. The van der Waals surface area contributed by atoms with Crippen molar-refractivity contribution in [3.8, 4) is 0 Å². The molecule has 0 aliphatic heterocycles. The summed E-state index contributed by atoms with van der Waals surface area (Å²) in [6, 6.07) is 0. The Morgan fingerprint density at radius 2 is 2.00 bits per heavy atom. The number of carbonyl (C=O) groups is 2.